The minimum absolute atomic E-state index is 0.0627. The van der Waals surface area contributed by atoms with E-state index in [1.807, 2.05) is 16.8 Å². The van der Waals surface area contributed by atoms with Crippen molar-refractivity contribution in [3.8, 4) is 5.75 Å². The summed E-state index contributed by atoms with van der Waals surface area (Å²) in [5, 5.41) is 0.621. The summed E-state index contributed by atoms with van der Waals surface area (Å²) < 4.78 is 34.5. The first kappa shape index (κ1) is 15.4. The molecule has 1 aliphatic heterocycles. The van der Waals surface area contributed by atoms with Crippen LogP contribution in [0.3, 0.4) is 0 Å². The first-order valence-electron chi connectivity index (χ1n) is 7.50. The molecule has 4 nitrogen and oxygen atoms in total. The number of hydrogen-bond donors (Lipinski definition) is 0. The van der Waals surface area contributed by atoms with Gasteiger partial charge >= 0.3 is 6.61 Å². The van der Waals surface area contributed by atoms with Gasteiger partial charge in [-0.2, -0.15) is 8.78 Å². The molecule has 1 atom stereocenters. The van der Waals surface area contributed by atoms with Crippen molar-refractivity contribution in [2.75, 3.05) is 0 Å². The first-order valence-corrected chi connectivity index (χ1v) is 8.30. The molecule has 0 unspecified atom stereocenters. The van der Waals surface area contributed by atoms with E-state index in [0.717, 1.165) is 9.99 Å². The maximum absolute atomic E-state index is 12.7. The van der Waals surface area contributed by atoms with E-state index in [2.05, 4.69) is 20.7 Å². The Hall–Kier alpha value is -2.15. The number of aromatic nitrogens is 2. The summed E-state index contributed by atoms with van der Waals surface area (Å²) in [4.78, 5) is 12.5. The van der Waals surface area contributed by atoms with Gasteiger partial charge in [0.05, 0.1) is 16.9 Å². The number of nitrogens with zero attached hydrogens (tertiary/aromatic N) is 2. The monoisotopic (exact) mass is 394 g/mol. The van der Waals surface area contributed by atoms with Crippen LogP contribution in [-0.4, -0.2) is 16.0 Å². The highest BCUT2D eigenvalue weighted by molar-refractivity contribution is 9.10. The maximum atomic E-state index is 12.7. The van der Waals surface area contributed by atoms with E-state index in [4.69, 9.17) is 0 Å². The van der Waals surface area contributed by atoms with Crippen LogP contribution in [0.25, 0.3) is 10.9 Å². The summed E-state index contributed by atoms with van der Waals surface area (Å²) in [6.45, 7) is -2.34. The van der Waals surface area contributed by atoms with E-state index in [1.165, 1.54) is 6.07 Å². The Balaban J connectivity index is 1.91. The molecule has 1 aliphatic rings. The van der Waals surface area contributed by atoms with Crippen LogP contribution in [0, 0.1) is 0 Å². The lowest BCUT2D eigenvalue weighted by molar-refractivity contribution is -0.0507. The molecular formula is C17H13BrF2N2O2. The fourth-order valence-corrected chi connectivity index (χ4v) is 3.75. The van der Waals surface area contributed by atoms with Crippen LogP contribution in [0.1, 0.15) is 18.0 Å². The highest BCUT2D eigenvalue weighted by Gasteiger charge is 2.30. The zero-order chi connectivity index (χ0) is 16.8. The van der Waals surface area contributed by atoms with E-state index in [9.17, 15) is 13.6 Å². The molecule has 0 spiro atoms. The van der Waals surface area contributed by atoms with Crippen LogP contribution < -0.4 is 10.3 Å². The van der Waals surface area contributed by atoms with Crippen LogP contribution in [0.5, 0.6) is 5.75 Å². The molecule has 124 valence electrons. The van der Waals surface area contributed by atoms with Crippen molar-refractivity contribution in [3.05, 3.63) is 62.9 Å². The number of para-hydroxylation sites is 1. The molecule has 0 aliphatic carbocycles. The van der Waals surface area contributed by atoms with Crippen molar-refractivity contribution in [2.45, 2.75) is 25.6 Å². The molecule has 4 rings (SSSR count). The largest absolute Gasteiger partial charge is 0.434 e. The third kappa shape index (κ3) is 2.34. The van der Waals surface area contributed by atoms with Gasteiger partial charge in [0, 0.05) is 16.6 Å². The van der Waals surface area contributed by atoms with Gasteiger partial charge in [0.2, 0.25) is 0 Å². The molecule has 0 radical (unpaired) electrons. The zero-order valence-corrected chi connectivity index (χ0v) is 14.0. The average molecular weight is 395 g/mol. The minimum atomic E-state index is -2.88. The fourth-order valence-electron chi connectivity index (χ4n) is 3.40. The smallest absolute Gasteiger partial charge is 0.387 e. The number of benzene rings is 2. The second-order valence-electron chi connectivity index (χ2n) is 5.66. The molecule has 2 heterocycles. The minimum Gasteiger partial charge on any atom is -0.434 e. The molecular weight excluding hydrogens is 382 g/mol. The number of fused-ring (bicyclic) bond motifs is 3. The standard InChI is InChI=1S/C17H13BrF2N2O2/c18-10-5-6-12-14(9-10)22-13(7-8-21(22)16(12)23)11-3-1-2-4-15(11)24-17(19)20/h1-6,9,13,17H,7-8H2/t13-/m0/s1. The Labute approximate surface area is 144 Å². The lowest BCUT2D eigenvalue weighted by Gasteiger charge is -2.18. The fraction of sp³-hybridized carbons (Fsp3) is 0.235. The quantitative estimate of drug-likeness (QED) is 0.668. The third-order valence-corrected chi connectivity index (χ3v) is 4.83. The van der Waals surface area contributed by atoms with Crippen LogP contribution in [0.15, 0.2) is 51.7 Å². The number of alkyl halides is 2. The summed E-state index contributed by atoms with van der Waals surface area (Å²) in [6.07, 6.45) is 0.654. The Morgan fingerprint density at radius 3 is 2.79 bits per heavy atom. The van der Waals surface area contributed by atoms with Gasteiger partial charge in [0.1, 0.15) is 5.75 Å². The summed E-state index contributed by atoms with van der Waals surface area (Å²) in [5.74, 6) is 0.148. The lowest BCUT2D eigenvalue weighted by Crippen LogP contribution is -2.18. The van der Waals surface area contributed by atoms with Crippen molar-refractivity contribution in [2.24, 2.45) is 0 Å². The Morgan fingerprint density at radius 2 is 2.00 bits per heavy atom. The number of rotatable bonds is 3. The molecule has 3 aromatic rings. The second-order valence-corrected chi connectivity index (χ2v) is 6.57. The predicted molar refractivity (Wildman–Crippen MR) is 89.7 cm³/mol. The predicted octanol–water partition coefficient (Wildman–Crippen LogP) is 4.16. The Bertz CT molecular complexity index is 980. The summed E-state index contributed by atoms with van der Waals surface area (Å²) in [7, 11) is 0. The van der Waals surface area contributed by atoms with Gasteiger partial charge in [0.15, 0.2) is 0 Å². The van der Waals surface area contributed by atoms with E-state index in [1.54, 1.807) is 28.9 Å². The van der Waals surface area contributed by atoms with E-state index >= 15 is 0 Å². The molecule has 0 fully saturated rings. The van der Waals surface area contributed by atoms with Crippen molar-refractivity contribution in [1.29, 1.82) is 0 Å². The molecule has 0 amide bonds. The molecule has 0 bridgehead atoms. The van der Waals surface area contributed by atoms with Crippen molar-refractivity contribution >= 4 is 26.8 Å². The highest BCUT2D eigenvalue weighted by atomic mass is 79.9. The number of halogens is 3. The summed E-state index contributed by atoms with van der Waals surface area (Å²) in [5.41, 5.74) is 1.37. The average Bonchev–Trinajstić information content (AvgIpc) is 3.08. The molecule has 7 heteroatoms. The molecule has 24 heavy (non-hydrogen) atoms. The van der Waals surface area contributed by atoms with Gasteiger partial charge in [-0.1, -0.05) is 34.1 Å². The molecule has 2 aromatic carbocycles. The molecule has 0 saturated heterocycles. The lowest BCUT2D eigenvalue weighted by atomic mass is 10.0. The first-order chi connectivity index (χ1) is 11.6. The Kier molecular flexibility index (Phi) is 3.68. The van der Waals surface area contributed by atoms with Crippen molar-refractivity contribution in [3.63, 3.8) is 0 Å². The van der Waals surface area contributed by atoms with Gasteiger partial charge in [-0.05, 0) is 30.7 Å². The summed E-state index contributed by atoms with van der Waals surface area (Å²) in [6, 6.07) is 12.0. The Morgan fingerprint density at radius 1 is 1.21 bits per heavy atom. The second kappa shape index (κ2) is 5.73. The van der Waals surface area contributed by atoms with Crippen LogP contribution in [0.4, 0.5) is 8.78 Å². The molecule has 1 aromatic heterocycles. The van der Waals surface area contributed by atoms with Gasteiger partial charge in [0.25, 0.3) is 5.56 Å². The zero-order valence-electron chi connectivity index (χ0n) is 12.5. The van der Waals surface area contributed by atoms with Crippen LogP contribution in [-0.2, 0) is 6.54 Å². The van der Waals surface area contributed by atoms with Crippen molar-refractivity contribution < 1.29 is 13.5 Å². The number of ether oxygens (including phenoxy) is 1. The van der Waals surface area contributed by atoms with Gasteiger partial charge < -0.3 is 4.74 Å². The molecule has 0 N–H and O–H groups in total. The SMILES string of the molecule is O=c1c2ccc(Br)cc2n2n1CC[C@H]2c1ccccc1OC(F)F. The van der Waals surface area contributed by atoms with Crippen molar-refractivity contribution in [1.82, 2.24) is 9.36 Å². The third-order valence-electron chi connectivity index (χ3n) is 4.34. The van der Waals surface area contributed by atoms with Crippen LogP contribution >= 0.6 is 15.9 Å². The highest BCUT2D eigenvalue weighted by Crippen LogP contribution is 2.37. The van der Waals surface area contributed by atoms with Crippen LogP contribution in [0.2, 0.25) is 0 Å². The van der Waals surface area contributed by atoms with E-state index in [0.29, 0.717) is 23.9 Å². The topological polar surface area (TPSA) is 36.2 Å². The van der Waals surface area contributed by atoms with E-state index in [-0.39, 0.29) is 17.4 Å². The number of hydrogen-bond acceptors (Lipinski definition) is 2. The van der Waals surface area contributed by atoms with Gasteiger partial charge in [-0.3, -0.25) is 9.48 Å². The maximum Gasteiger partial charge on any atom is 0.387 e. The van der Waals surface area contributed by atoms with Gasteiger partial charge in [-0.25, -0.2) is 4.68 Å². The van der Waals surface area contributed by atoms with Gasteiger partial charge in [-0.15, -0.1) is 0 Å². The van der Waals surface area contributed by atoms with E-state index < -0.39 is 6.61 Å². The molecule has 0 saturated carbocycles. The summed E-state index contributed by atoms with van der Waals surface area (Å²) >= 11 is 3.42. The normalized spacial score (nSPS) is 16.8.